The van der Waals surface area contributed by atoms with Crippen molar-refractivity contribution in [2.24, 2.45) is 0 Å². The molecule has 0 amide bonds. The van der Waals surface area contributed by atoms with Gasteiger partial charge in [0.1, 0.15) is 11.4 Å². The number of Topliss-reactive ketones (excluding diaryl/α,β-unsaturated/α-hetero) is 1. The zero-order valence-corrected chi connectivity index (χ0v) is 9.33. The Bertz CT molecular complexity index is 278. The molecule has 0 saturated carbocycles. The molecule has 1 aromatic rings. The minimum atomic E-state index is -0.219. The van der Waals surface area contributed by atoms with Gasteiger partial charge in [0.05, 0.1) is 5.33 Å². The van der Waals surface area contributed by atoms with E-state index in [2.05, 4.69) is 20.9 Å². The average molecular weight is 297 g/mol. The molecule has 1 N–H and O–H groups in total. The summed E-state index contributed by atoms with van der Waals surface area (Å²) in [4.78, 5) is 14.7. The molecular weight excluding hydrogens is 290 g/mol. The summed E-state index contributed by atoms with van der Waals surface area (Å²) in [5.74, 6) is -0.292. The lowest BCUT2D eigenvalue weighted by Crippen LogP contribution is -2.02. The predicted octanol–water partition coefficient (Wildman–Crippen LogP) is 1.94. The minimum absolute atomic E-state index is 0. The van der Waals surface area contributed by atoms with Crippen LogP contribution in [-0.2, 0) is 0 Å². The van der Waals surface area contributed by atoms with Gasteiger partial charge in [-0.2, -0.15) is 0 Å². The van der Waals surface area contributed by atoms with E-state index in [0.717, 1.165) is 0 Å². The first kappa shape index (κ1) is 11.6. The largest absolute Gasteiger partial charge is 0.506 e. The molecule has 12 heavy (non-hydrogen) atoms. The van der Waals surface area contributed by atoms with Crippen LogP contribution < -0.4 is 0 Å². The molecule has 66 valence electrons. The van der Waals surface area contributed by atoms with E-state index in [4.69, 9.17) is 5.11 Å². The molecule has 1 rings (SSSR count). The molecule has 3 nitrogen and oxygen atoms in total. The third kappa shape index (κ3) is 2.57. The zero-order valence-electron chi connectivity index (χ0n) is 6.03. The van der Waals surface area contributed by atoms with Gasteiger partial charge in [-0.05, 0) is 12.1 Å². The minimum Gasteiger partial charge on any atom is -0.506 e. The maximum Gasteiger partial charge on any atom is 0.195 e. The number of carbonyl (C=O) groups is 1. The lowest BCUT2D eigenvalue weighted by molar-refractivity contribution is 0.101. The molecule has 0 saturated heterocycles. The summed E-state index contributed by atoms with van der Waals surface area (Å²) in [5.41, 5.74) is 0.115. The van der Waals surface area contributed by atoms with Crippen molar-refractivity contribution in [1.29, 1.82) is 0 Å². The molecule has 5 heteroatoms. The van der Waals surface area contributed by atoms with Crippen molar-refractivity contribution in [1.82, 2.24) is 4.98 Å². The van der Waals surface area contributed by atoms with Crippen LogP contribution in [0, 0.1) is 0 Å². The number of alkyl halides is 1. The van der Waals surface area contributed by atoms with Gasteiger partial charge in [-0.1, -0.05) is 15.9 Å². The molecule has 0 atom stereocenters. The van der Waals surface area contributed by atoms with E-state index >= 15 is 0 Å². The van der Waals surface area contributed by atoms with Crippen LogP contribution in [0.15, 0.2) is 18.3 Å². The summed E-state index contributed by atoms with van der Waals surface area (Å²) in [7, 11) is 0. The Morgan fingerprint density at radius 1 is 1.67 bits per heavy atom. The first-order chi connectivity index (χ1) is 5.25. The molecule has 0 aliphatic rings. The van der Waals surface area contributed by atoms with Crippen molar-refractivity contribution in [3.05, 3.63) is 24.0 Å². The average Bonchev–Trinajstić information content (AvgIpc) is 2.04. The second-order valence-corrected chi connectivity index (χ2v) is 2.49. The summed E-state index contributed by atoms with van der Waals surface area (Å²) in [6.45, 7) is 0. The van der Waals surface area contributed by atoms with Crippen LogP contribution in [0.5, 0.6) is 5.75 Å². The highest BCUT2D eigenvalue weighted by atomic mass is 79.9. The molecule has 0 aliphatic heterocycles. The monoisotopic (exact) mass is 295 g/mol. The number of hydrogen-bond donors (Lipinski definition) is 1. The number of rotatable bonds is 2. The molecule has 0 bridgehead atoms. The third-order valence-corrected chi connectivity index (χ3v) is 1.68. The third-order valence-electron chi connectivity index (χ3n) is 1.17. The Hall–Kier alpha value is -0.420. The fourth-order valence-electron chi connectivity index (χ4n) is 0.675. The van der Waals surface area contributed by atoms with Crippen LogP contribution in [0.4, 0.5) is 0 Å². The topological polar surface area (TPSA) is 50.2 Å². The first-order valence-electron chi connectivity index (χ1n) is 2.99. The van der Waals surface area contributed by atoms with Crippen LogP contribution in [0.1, 0.15) is 10.5 Å². The van der Waals surface area contributed by atoms with Gasteiger partial charge in [0.25, 0.3) is 0 Å². The quantitative estimate of drug-likeness (QED) is 0.670. The number of aromatic nitrogens is 1. The van der Waals surface area contributed by atoms with Crippen LogP contribution in [-0.4, -0.2) is 21.2 Å². The van der Waals surface area contributed by atoms with Crippen LogP contribution in [0.2, 0.25) is 0 Å². The highest BCUT2D eigenvalue weighted by Gasteiger charge is 2.09. The second kappa shape index (κ2) is 5.27. The molecule has 1 aromatic heterocycles. The molecule has 0 unspecified atom stereocenters. The van der Waals surface area contributed by atoms with Crippen LogP contribution in [0.25, 0.3) is 0 Å². The van der Waals surface area contributed by atoms with Gasteiger partial charge < -0.3 is 5.11 Å². The standard InChI is InChI=1S/C7H6BrNO2.BrH/c8-4-6(11)7-5(10)2-1-3-9-7;/h1-3,10H,4H2;1H. The Balaban J connectivity index is 0.00000121. The summed E-state index contributed by atoms with van der Waals surface area (Å²) < 4.78 is 0. The normalized spacial score (nSPS) is 8.75. The Kier molecular flexibility index (Phi) is 5.08. The van der Waals surface area contributed by atoms with Crippen molar-refractivity contribution in [3.8, 4) is 5.75 Å². The predicted molar refractivity (Wildman–Crippen MR) is 54.3 cm³/mol. The van der Waals surface area contributed by atoms with E-state index in [1.807, 2.05) is 0 Å². The maximum atomic E-state index is 11.0. The van der Waals surface area contributed by atoms with E-state index in [0.29, 0.717) is 0 Å². The maximum absolute atomic E-state index is 11.0. The number of carbonyl (C=O) groups excluding carboxylic acids is 1. The highest BCUT2D eigenvalue weighted by Crippen LogP contribution is 2.13. The first-order valence-corrected chi connectivity index (χ1v) is 4.11. The molecule has 0 radical (unpaired) electrons. The summed E-state index contributed by atoms with van der Waals surface area (Å²) in [5, 5.41) is 9.29. The molecular formula is C7H7Br2NO2. The van der Waals surface area contributed by atoms with Gasteiger partial charge in [-0.25, -0.2) is 4.98 Å². The van der Waals surface area contributed by atoms with E-state index in [-0.39, 0.29) is 39.5 Å². The van der Waals surface area contributed by atoms with Crippen molar-refractivity contribution in [3.63, 3.8) is 0 Å². The number of pyridine rings is 1. The lowest BCUT2D eigenvalue weighted by atomic mass is 10.2. The van der Waals surface area contributed by atoms with Gasteiger partial charge in [0.2, 0.25) is 0 Å². The molecule has 1 heterocycles. The highest BCUT2D eigenvalue weighted by molar-refractivity contribution is 9.09. The second-order valence-electron chi connectivity index (χ2n) is 1.93. The number of hydrogen-bond acceptors (Lipinski definition) is 3. The summed E-state index contributed by atoms with van der Waals surface area (Å²) in [6, 6.07) is 3.00. The number of halogens is 2. The molecule has 0 spiro atoms. The SMILES string of the molecule is Br.O=C(CBr)c1ncccc1O. The van der Waals surface area contributed by atoms with Gasteiger partial charge in [-0.15, -0.1) is 17.0 Å². The van der Waals surface area contributed by atoms with Crippen molar-refractivity contribution in [2.45, 2.75) is 0 Å². The van der Waals surface area contributed by atoms with Gasteiger partial charge in [0.15, 0.2) is 5.78 Å². The number of nitrogens with zero attached hydrogens (tertiary/aromatic N) is 1. The van der Waals surface area contributed by atoms with Crippen molar-refractivity contribution < 1.29 is 9.90 Å². The van der Waals surface area contributed by atoms with Crippen LogP contribution in [0.3, 0.4) is 0 Å². The Labute approximate surface area is 88.7 Å². The van der Waals surface area contributed by atoms with Crippen molar-refractivity contribution >= 4 is 38.7 Å². The number of aromatic hydroxyl groups is 1. The van der Waals surface area contributed by atoms with E-state index in [1.165, 1.54) is 12.3 Å². The van der Waals surface area contributed by atoms with Crippen molar-refractivity contribution in [2.75, 3.05) is 5.33 Å². The Morgan fingerprint density at radius 3 is 2.83 bits per heavy atom. The fraction of sp³-hybridized carbons (Fsp3) is 0.143. The Morgan fingerprint density at radius 2 is 2.33 bits per heavy atom. The molecule has 0 aliphatic carbocycles. The van der Waals surface area contributed by atoms with Gasteiger partial charge in [-0.3, -0.25) is 4.79 Å². The smallest absolute Gasteiger partial charge is 0.195 e. The number of ketones is 1. The lowest BCUT2D eigenvalue weighted by Gasteiger charge is -1.97. The fourth-order valence-corrected chi connectivity index (χ4v) is 0.941. The summed E-state index contributed by atoms with van der Waals surface area (Å²) in [6.07, 6.45) is 1.47. The molecule has 0 aromatic carbocycles. The van der Waals surface area contributed by atoms with Gasteiger partial charge in [0, 0.05) is 6.20 Å². The van der Waals surface area contributed by atoms with Gasteiger partial charge >= 0.3 is 0 Å². The molecule has 0 fully saturated rings. The zero-order chi connectivity index (χ0) is 8.27. The summed E-state index contributed by atoms with van der Waals surface area (Å²) >= 11 is 2.98. The van der Waals surface area contributed by atoms with Crippen LogP contribution >= 0.6 is 32.9 Å². The van der Waals surface area contributed by atoms with E-state index < -0.39 is 0 Å². The van der Waals surface area contributed by atoms with E-state index in [1.54, 1.807) is 6.07 Å². The van der Waals surface area contributed by atoms with E-state index in [9.17, 15) is 4.79 Å².